The lowest BCUT2D eigenvalue weighted by Gasteiger charge is -2.10. The van der Waals surface area contributed by atoms with Crippen molar-refractivity contribution in [2.75, 3.05) is 17.7 Å². The van der Waals surface area contributed by atoms with Crippen LogP contribution < -0.4 is 15.4 Å². The van der Waals surface area contributed by atoms with Crippen molar-refractivity contribution < 1.29 is 23.1 Å². The standard InChI is InChI=1S/C24H16BrCl3F2N2O3/c1-35-21-16(25)8-11(9-18(21)30)19-20(24(19,27)28)23(34)32-14-6-7-17(26)15(10-14)22(33)31-13-4-2-12(29)3-5-13/h2-10,19-20H,1H3,(H,31,33)(H,32,34)/t19-,20+/m0/s1. The zero-order valence-electron chi connectivity index (χ0n) is 17.8. The van der Waals surface area contributed by atoms with Gasteiger partial charge in [-0.25, -0.2) is 8.78 Å². The van der Waals surface area contributed by atoms with Crippen molar-refractivity contribution in [1.82, 2.24) is 0 Å². The van der Waals surface area contributed by atoms with Gasteiger partial charge >= 0.3 is 0 Å². The lowest BCUT2D eigenvalue weighted by atomic mass is 10.1. The smallest absolute Gasteiger partial charge is 0.257 e. The fourth-order valence-electron chi connectivity index (χ4n) is 3.75. The van der Waals surface area contributed by atoms with Gasteiger partial charge in [0.15, 0.2) is 11.6 Å². The van der Waals surface area contributed by atoms with Crippen molar-refractivity contribution in [2.45, 2.75) is 10.3 Å². The highest BCUT2D eigenvalue weighted by molar-refractivity contribution is 9.10. The number of amides is 2. The fourth-order valence-corrected chi connectivity index (χ4v) is 5.40. The number of carbonyl (C=O) groups excluding carboxylic acids is 2. The molecule has 0 aliphatic heterocycles. The van der Waals surface area contributed by atoms with Gasteiger partial charge in [0.05, 0.1) is 28.1 Å². The van der Waals surface area contributed by atoms with Gasteiger partial charge in [0.2, 0.25) is 5.91 Å². The molecule has 1 saturated carbocycles. The molecule has 0 heterocycles. The van der Waals surface area contributed by atoms with Crippen LogP contribution in [0.2, 0.25) is 5.02 Å². The zero-order valence-corrected chi connectivity index (χ0v) is 21.7. The van der Waals surface area contributed by atoms with Gasteiger partial charge < -0.3 is 15.4 Å². The number of anilines is 2. The highest BCUT2D eigenvalue weighted by Crippen LogP contribution is 2.65. The van der Waals surface area contributed by atoms with E-state index in [1.807, 2.05) is 0 Å². The maximum absolute atomic E-state index is 14.3. The van der Waals surface area contributed by atoms with Crippen LogP contribution in [0.25, 0.3) is 0 Å². The number of rotatable bonds is 6. The molecule has 3 aromatic carbocycles. The van der Waals surface area contributed by atoms with Crippen LogP contribution in [-0.4, -0.2) is 23.3 Å². The van der Waals surface area contributed by atoms with E-state index in [0.29, 0.717) is 15.7 Å². The molecule has 3 aromatic rings. The number of ether oxygens (including phenoxy) is 1. The Labute approximate surface area is 222 Å². The minimum Gasteiger partial charge on any atom is -0.492 e. The fraction of sp³-hybridized carbons (Fsp3) is 0.167. The topological polar surface area (TPSA) is 67.4 Å². The molecular weight excluding hydrogens is 589 g/mol. The number of nitrogens with one attached hydrogen (secondary N) is 2. The average Bonchev–Trinajstić information content (AvgIpc) is 3.38. The summed E-state index contributed by atoms with van der Waals surface area (Å²) in [5.74, 6) is -3.65. The summed E-state index contributed by atoms with van der Waals surface area (Å²) in [7, 11) is 1.34. The largest absolute Gasteiger partial charge is 0.492 e. The van der Waals surface area contributed by atoms with Crippen LogP contribution in [0, 0.1) is 17.6 Å². The summed E-state index contributed by atoms with van der Waals surface area (Å²) in [6.07, 6.45) is 0. The monoisotopic (exact) mass is 602 g/mol. The van der Waals surface area contributed by atoms with Gasteiger partial charge in [-0.3, -0.25) is 9.59 Å². The molecule has 182 valence electrons. The summed E-state index contributed by atoms with van der Waals surface area (Å²) in [5.41, 5.74) is 1.16. The number of alkyl halides is 2. The third kappa shape index (κ3) is 5.26. The third-order valence-corrected chi connectivity index (χ3v) is 7.36. The van der Waals surface area contributed by atoms with Gasteiger partial charge in [0.25, 0.3) is 5.91 Å². The molecular formula is C24H16BrCl3F2N2O3. The van der Waals surface area contributed by atoms with E-state index in [4.69, 9.17) is 39.5 Å². The Morgan fingerprint density at radius 2 is 1.66 bits per heavy atom. The molecule has 1 aliphatic carbocycles. The Morgan fingerprint density at radius 1 is 1.00 bits per heavy atom. The number of halogens is 6. The van der Waals surface area contributed by atoms with Crippen LogP contribution in [-0.2, 0) is 4.79 Å². The van der Waals surface area contributed by atoms with E-state index in [-0.39, 0.29) is 22.0 Å². The van der Waals surface area contributed by atoms with E-state index in [1.165, 1.54) is 55.6 Å². The quantitative estimate of drug-likeness (QED) is 0.293. The van der Waals surface area contributed by atoms with E-state index in [2.05, 4.69) is 26.6 Å². The van der Waals surface area contributed by atoms with Crippen LogP contribution in [0.15, 0.2) is 59.1 Å². The second-order valence-electron chi connectivity index (χ2n) is 7.79. The summed E-state index contributed by atoms with van der Waals surface area (Å²) in [6, 6.07) is 12.4. The van der Waals surface area contributed by atoms with Crippen molar-refractivity contribution in [3.8, 4) is 5.75 Å². The summed E-state index contributed by atoms with van der Waals surface area (Å²) in [5, 5.41) is 5.43. The maximum atomic E-state index is 14.3. The molecule has 0 saturated heterocycles. The molecule has 0 aromatic heterocycles. The summed E-state index contributed by atoms with van der Waals surface area (Å²) in [6.45, 7) is 0. The van der Waals surface area contributed by atoms with E-state index in [9.17, 15) is 18.4 Å². The predicted molar refractivity (Wildman–Crippen MR) is 136 cm³/mol. The minimum atomic E-state index is -1.46. The van der Waals surface area contributed by atoms with Crippen LogP contribution >= 0.6 is 50.7 Å². The minimum absolute atomic E-state index is 0.0257. The molecule has 0 spiro atoms. The maximum Gasteiger partial charge on any atom is 0.257 e. The molecule has 1 aliphatic rings. The second-order valence-corrected chi connectivity index (χ2v) is 10.5. The number of carbonyl (C=O) groups is 2. The van der Waals surface area contributed by atoms with E-state index >= 15 is 0 Å². The Hall–Kier alpha value is -2.39. The van der Waals surface area contributed by atoms with Gasteiger partial charge in [-0.05, 0) is 76.1 Å². The van der Waals surface area contributed by atoms with Crippen LogP contribution in [0.3, 0.4) is 0 Å². The third-order valence-electron chi connectivity index (χ3n) is 5.50. The van der Waals surface area contributed by atoms with Gasteiger partial charge in [0.1, 0.15) is 10.2 Å². The summed E-state index contributed by atoms with van der Waals surface area (Å²) < 4.78 is 31.3. The molecule has 4 rings (SSSR count). The van der Waals surface area contributed by atoms with Crippen molar-refractivity contribution in [1.29, 1.82) is 0 Å². The first-order valence-corrected chi connectivity index (χ1v) is 12.0. The molecule has 0 radical (unpaired) electrons. The molecule has 2 amide bonds. The zero-order chi connectivity index (χ0) is 25.5. The van der Waals surface area contributed by atoms with Crippen LogP contribution in [0.5, 0.6) is 5.75 Å². The molecule has 0 unspecified atom stereocenters. The van der Waals surface area contributed by atoms with Crippen LogP contribution in [0.4, 0.5) is 20.2 Å². The van der Waals surface area contributed by atoms with Crippen molar-refractivity contribution in [3.05, 3.63) is 86.9 Å². The Bertz CT molecular complexity index is 1300. The number of methoxy groups -OCH3 is 1. The van der Waals surface area contributed by atoms with Crippen molar-refractivity contribution in [3.63, 3.8) is 0 Å². The van der Waals surface area contributed by atoms with Crippen LogP contribution in [0.1, 0.15) is 21.8 Å². The number of benzene rings is 3. The molecule has 5 nitrogen and oxygen atoms in total. The SMILES string of the molecule is COc1c(F)cc([C@H]2[C@H](C(=O)Nc3ccc(Cl)c(C(=O)Nc4ccc(F)cc4)c3)C2(Cl)Cl)cc1Br. The first-order chi connectivity index (χ1) is 16.5. The highest BCUT2D eigenvalue weighted by Gasteiger charge is 2.67. The Balaban J connectivity index is 1.51. The number of hydrogen-bond donors (Lipinski definition) is 2. The predicted octanol–water partition coefficient (Wildman–Crippen LogP) is 7.17. The molecule has 1 fully saturated rings. The normalized spacial score (nSPS) is 18.0. The molecule has 11 heteroatoms. The van der Waals surface area contributed by atoms with Gasteiger partial charge in [-0.1, -0.05) is 11.6 Å². The van der Waals surface area contributed by atoms with E-state index in [0.717, 1.165) is 0 Å². The first kappa shape index (κ1) is 25.7. The lowest BCUT2D eigenvalue weighted by Crippen LogP contribution is -2.18. The molecule has 35 heavy (non-hydrogen) atoms. The summed E-state index contributed by atoms with van der Waals surface area (Å²) in [4.78, 5) is 25.6. The van der Waals surface area contributed by atoms with Gasteiger partial charge in [-0.2, -0.15) is 0 Å². The molecule has 2 N–H and O–H groups in total. The summed E-state index contributed by atoms with van der Waals surface area (Å²) >= 11 is 22.2. The lowest BCUT2D eigenvalue weighted by molar-refractivity contribution is -0.117. The first-order valence-electron chi connectivity index (χ1n) is 10.1. The van der Waals surface area contributed by atoms with E-state index < -0.39 is 39.6 Å². The Morgan fingerprint density at radius 3 is 2.29 bits per heavy atom. The second kappa shape index (κ2) is 9.93. The molecule has 0 bridgehead atoms. The van der Waals surface area contributed by atoms with Gasteiger partial charge in [0, 0.05) is 17.3 Å². The van der Waals surface area contributed by atoms with E-state index in [1.54, 1.807) is 6.07 Å². The van der Waals surface area contributed by atoms with Gasteiger partial charge in [-0.15, -0.1) is 23.2 Å². The average molecular weight is 605 g/mol. The van der Waals surface area contributed by atoms with Crippen molar-refractivity contribution >= 4 is 73.9 Å². The number of hydrogen-bond acceptors (Lipinski definition) is 3. The highest BCUT2D eigenvalue weighted by atomic mass is 79.9. The Kier molecular flexibility index (Phi) is 7.29. The van der Waals surface area contributed by atoms with Crippen molar-refractivity contribution in [2.24, 2.45) is 5.92 Å². The molecule has 2 atom stereocenters.